The van der Waals surface area contributed by atoms with Gasteiger partial charge in [0.2, 0.25) is 0 Å². The van der Waals surface area contributed by atoms with E-state index in [0.29, 0.717) is 12.5 Å². The Hall–Kier alpha value is -0.730. The molecule has 0 amide bonds. The second-order valence-corrected chi connectivity index (χ2v) is 17.4. The summed E-state index contributed by atoms with van der Waals surface area (Å²) in [6.45, 7) is 31.8. The minimum Gasteiger partial charge on any atom is -0.462 e. The van der Waals surface area contributed by atoms with Crippen LogP contribution in [0.5, 0.6) is 0 Å². The first-order valence-corrected chi connectivity index (χ1v) is 16.3. The van der Waals surface area contributed by atoms with E-state index in [0.717, 1.165) is 45.3 Å². The standard InChI is InChI=1S/C34H65N3O4/c1-15-16-17-35(25-18-32(9,10)37(39-14)33(11,12)19-25)22-27-23-36-31(7,8)20-26(21-34(36,13)41-27)40-28(38)30(5,6)24-29(2,3)4/h25-27H,15-24H2,1-14H3. The number of ether oxygens (including phenoxy) is 2. The van der Waals surface area contributed by atoms with Gasteiger partial charge in [0.15, 0.2) is 0 Å². The third kappa shape index (κ3) is 8.06. The zero-order chi connectivity index (χ0) is 31.2. The van der Waals surface area contributed by atoms with Crippen LogP contribution in [-0.4, -0.2) is 88.2 Å². The van der Waals surface area contributed by atoms with E-state index in [1.807, 2.05) is 13.8 Å². The maximum absolute atomic E-state index is 13.4. The van der Waals surface area contributed by atoms with Crippen molar-refractivity contribution in [3.8, 4) is 0 Å². The number of esters is 1. The van der Waals surface area contributed by atoms with Gasteiger partial charge in [0.05, 0.1) is 18.6 Å². The van der Waals surface area contributed by atoms with E-state index in [2.05, 4.69) is 91.0 Å². The summed E-state index contributed by atoms with van der Waals surface area (Å²) in [7, 11) is 1.81. The van der Waals surface area contributed by atoms with Crippen LogP contribution in [0.25, 0.3) is 0 Å². The number of rotatable bonds is 10. The van der Waals surface area contributed by atoms with Crippen LogP contribution in [0.2, 0.25) is 0 Å². The number of hydrogen-bond donors (Lipinski definition) is 0. The summed E-state index contributed by atoms with van der Waals surface area (Å²) in [6.07, 6.45) is 6.81. The molecule has 41 heavy (non-hydrogen) atoms. The van der Waals surface area contributed by atoms with Crippen LogP contribution >= 0.6 is 0 Å². The van der Waals surface area contributed by atoms with Crippen molar-refractivity contribution < 1.29 is 19.1 Å². The number of nitrogens with zero attached hydrogens (tertiary/aromatic N) is 3. The molecule has 0 aromatic carbocycles. The van der Waals surface area contributed by atoms with Gasteiger partial charge in [0.25, 0.3) is 0 Å². The molecular weight excluding hydrogens is 514 g/mol. The minimum absolute atomic E-state index is 0.0501. The van der Waals surface area contributed by atoms with E-state index in [-0.39, 0.29) is 40.2 Å². The van der Waals surface area contributed by atoms with Crippen molar-refractivity contribution in [2.75, 3.05) is 26.7 Å². The molecule has 3 fully saturated rings. The highest BCUT2D eigenvalue weighted by atomic mass is 16.7. The summed E-state index contributed by atoms with van der Waals surface area (Å²) in [5.74, 6) is -0.0850. The monoisotopic (exact) mass is 579 g/mol. The molecule has 0 aromatic heterocycles. The topological polar surface area (TPSA) is 54.5 Å². The molecule has 3 aliphatic rings. The first-order chi connectivity index (χ1) is 18.6. The lowest BCUT2D eigenvalue weighted by molar-refractivity contribution is -0.273. The molecule has 0 bridgehead atoms. The van der Waals surface area contributed by atoms with Gasteiger partial charge in [0.1, 0.15) is 11.8 Å². The molecule has 7 heteroatoms. The van der Waals surface area contributed by atoms with Crippen LogP contribution in [-0.2, 0) is 19.1 Å². The Morgan fingerprint density at radius 2 is 1.51 bits per heavy atom. The van der Waals surface area contributed by atoms with E-state index in [1.165, 1.54) is 12.8 Å². The Bertz CT molecular complexity index is 890. The first kappa shape index (κ1) is 34.8. The van der Waals surface area contributed by atoms with Gasteiger partial charge in [-0.1, -0.05) is 34.1 Å². The number of fused-ring (bicyclic) bond motifs is 1. The lowest BCUT2D eigenvalue weighted by Crippen LogP contribution is -2.64. The molecule has 0 radical (unpaired) electrons. The fourth-order valence-corrected chi connectivity index (χ4v) is 8.96. The highest BCUT2D eigenvalue weighted by Crippen LogP contribution is 2.46. The zero-order valence-corrected chi connectivity index (χ0v) is 29.3. The fourth-order valence-electron chi connectivity index (χ4n) is 8.96. The average molecular weight is 580 g/mol. The van der Waals surface area contributed by atoms with E-state index < -0.39 is 11.1 Å². The molecule has 3 unspecified atom stereocenters. The molecule has 7 nitrogen and oxygen atoms in total. The quantitative estimate of drug-likeness (QED) is 0.257. The second kappa shape index (κ2) is 12.0. The van der Waals surface area contributed by atoms with Gasteiger partial charge in [-0.25, -0.2) is 0 Å². The molecule has 3 atom stereocenters. The number of unbranched alkanes of at least 4 members (excludes halogenated alkanes) is 1. The molecule has 3 rings (SSSR count). The lowest BCUT2D eigenvalue weighted by Gasteiger charge is -2.55. The van der Waals surface area contributed by atoms with Crippen LogP contribution in [0.4, 0.5) is 0 Å². The van der Waals surface area contributed by atoms with Crippen molar-refractivity contribution in [2.45, 2.75) is 176 Å². The SMILES string of the molecule is CCCCN(CC1CN2C(C)(C)CC(OC(=O)C(C)(C)CC(C)(C)C)CC2(C)O1)C1CC(C)(C)N(OC)C(C)(C)C1. The van der Waals surface area contributed by atoms with E-state index in [1.54, 1.807) is 7.11 Å². The molecule has 3 aliphatic heterocycles. The van der Waals surface area contributed by atoms with Crippen molar-refractivity contribution in [1.29, 1.82) is 0 Å². The summed E-state index contributed by atoms with van der Waals surface area (Å²) in [5.41, 5.74) is -1.12. The van der Waals surface area contributed by atoms with E-state index in [9.17, 15) is 4.79 Å². The predicted molar refractivity (Wildman–Crippen MR) is 168 cm³/mol. The minimum atomic E-state index is -0.515. The Morgan fingerprint density at radius 3 is 2.02 bits per heavy atom. The molecule has 0 spiro atoms. The summed E-state index contributed by atoms with van der Waals surface area (Å²) in [4.78, 5) is 24.5. The van der Waals surface area contributed by atoms with Gasteiger partial charge in [-0.05, 0) is 100.0 Å². The zero-order valence-electron chi connectivity index (χ0n) is 29.3. The normalized spacial score (nSPS) is 30.9. The van der Waals surface area contributed by atoms with Crippen LogP contribution in [0.3, 0.4) is 0 Å². The van der Waals surface area contributed by atoms with Crippen molar-refractivity contribution in [2.24, 2.45) is 10.8 Å². The Labute approximate surface area is 253 Å². The van der Waals surface area contributed by atoms with Crippen LogP contribution in [0, 0.1) is 10.8 Å². The summed E-state index contributed by atoms with van der Waals surface area (Å²) < 4.78 is 13.2. The second-order valence-electron chi connectivity index (χ2n) is 17.4. The maximum Gasteiger partial charge on any atom is 0.311 e. The van der Waals surface area contributed by atoms with Crippen LogP contribution in [0.15, 0.2) is 0 Å². The highest BCUT2D eigenvalue weighted by molar-refractivity contribution is 5.76. The molecule has 3 saturated heterocycles. The maximum atomic E-state index is 13.4. The Balaban J connectivity index is 1.75. The third-order valence-corrected chi connectivity index (χ3v) is 9.75. The van der Waals surface area contributed by atoms with Gasteiger partial charge in [-0.2, -0.15) is 5.06 Å². The number of piperidine rings is 2. The Morgan fingerprint density at radius 1 is 0.927 bits per heavy atom. The predicted octanol–water partition coefficient (Wildman–Crippen LogP) is 7.04. The van der Waals surface area contributed by atoms with Crippen LogP contribution < -0.4 is 0 Å². The summed E-state index contributed by atoms with van der Waals surface area (Å²) >= 11 is 0. The molecular formula is C34H65N3O4. The first-order valence-electron chi connectivity index (χ1n) is 16.3. The molecule has 0 N–H and O–H groups in total. The van der Waals surface area contributed by atoms with Crippen molar-refractivity contribution in [1.82, 2.24) is 14.9 Å². The van der Waals surface area contributed by atoms with Crippen molar-refractivity contribution in [3.05, 3.63) is 0 Å². The molecule has 240 valence electrons. The molecule has 3 heterocycles. The summed E-state index contributed by atoms with van der Waals surface area (Å²) in [5, 5.41) is 2.20. The summed E-state index contributed by atoms with van der Waals surface area (Å²) in [6, 6.07) is 0.471. The molecule has 0 saturated carbocycles. The van der Waals surface area contributed by atoms with Crippen molar-refractivity contribution >= 4 is 5.97 Å². The number of hydroxylamine groups is 2. The van der Waals surface area contributed by atoms with Gasteiger partial charge in [-0.15, -0.1) is 0 Å². The smallest absolute Gasteiger partial charge is 0.311 e. The van der Waals surface area contributed by atoms with Crippen molar-refractivity contribution in [3.63, 3.8) is 0 Å². The van der Waals surface area contributed by atoms with Gasteiger partial charge >= 0.3 is 5.97 Å². The van der Waals surface area contributed by atoms with Gasteiger partial charge in [-0.3, -0.25) is 14.6 Å². The molecule has 0 aromatic rings. The van der Waals surface area contributed by atoms with Crippen LogP contribution in [0.1, 0.15) is 135 Å². The van der Waals surface area contributed by atoms with E-state index >= 15 is 0 Å². The van der Waals surface area contributed by atoms with Gasteiger partial charge in [0, 0.05) is 48.6 Å². The number of carbonyl (C=O) groups is 1. The lowest BCUT2D eigenvalue weighted by atomic mass is 9.76. The van der Waals surface area contributed by atoms with Gasteiger partial charge < -0.3 is 14.3 Å². The van der Waals surface area contributed by atoms with E-state index in [4.69, 9.17) is 14.3 Å². The number of hydrogen-bond acceptors (Lipinski definition) is 7. The fraction of sp³-hybridized carbons (Fsp3) is 0.971. The average Bonchev–Trinajstić information content (AvgIpc) is 3.10. The largest absolute Gasteiger partial charge is 0.462 e. The number of carbonyl (C=O) groups excluding carboxylic acids is 1. The molecule has 0 aliphatic carbocycles. The Kier molecular flexibility index (Phi) is 10.2. The third-order valence-electron chi connectivity index (χ3n) is 9.75. The highest BCUT2D eigenvalue weighted by Gasteiger charge is 2.56.